The van der Waals surface area contributed by atoms with E-state index in [1.165, 1.54) is 11.8 Å². The summed E-state index contributed by atoms with van der Waals surface area (Å²) in [7, 11) is 0. The normalized spacial score (nSPS) is 10.6. The molecule has 1 aromatic heterocycles. The first-order valence-electron chi connectivity index (χ1n) is 6.68. The number of rotatable bonds is 6. The molecular weight excluding hydrogens is 288 g/mol. The highest BCUT2D eigenvalue weighted by Gasteiger charge is 2.16. The van der Waals surface area contributed by atoms with Crippen molar-refractivity contribution >= 4 is 23.4 Å². The number of oxazole rings is 1. The summed E-state index contributed by atoms with van der Waals surface area (Å²) in [5.41, 5.74) is 1.72. The van der Waals surface area contributed by atoms with E-state index in [-0.39, 0.29) is 0 Å². The van der Waals surface area contributed by atoms with Crippen molar-refractivity contribution in [3.63, 3.8) is 0 Å². The predicted molar refractivity (Wildman–Crippen MR) is 83.1 cm³/mol. The predicted octanol–water partition coefficient (Wildman–Crippen LogP) is 3.71. The fourth-order valence-corrected chi connectivity index (χ4v) is 2.79. The second-order valence-electron chi connectivity index (χ2n) is 4.52. The number of hydrogen-bond donors (Lipinski definition) is 2. The zero-order chi connectivity index (χ0) is 15.4. The highest BCUT2D eigenvalue weighted by atomic mass is 32.2. The Bertz CT molecular complexity index is 633. The first-order chi connectivity index (χ1) is 10.0. The van der Waals surface area contributed by atoms with Crippen molar-refractivity contribution in [2.75, 3.05) is 11.1 Å². The number of aromatic nitrogens is 1. The number of aromatic carboxylic acids is 1. The molecule has 112 valence electrons. The summed E-state index contributed by atoms with van der Waals surface area (Å²) < 4.78 is 5.49. The van der Waals surface area contributed by atoms with E-state index < -0.39 is 5.97 Å². The molecule has 0 amide bonds. The summed E-state index contributed by atoms with van der Waals surface area (Å²) in [6.07, 6.45) is 0. The molecule has 0 aliphatic heterocycles. The van der Waals surface area contributed by atoms with Crippen LogP contribution < -0.4 is 5.32 Å². The van der Waals surface area contributed by atoms with Gasteiger partial charge >= 0.3 is 5.97 Å². The second kappa shape index (κ2) is 6.67. The number of aryl methyl sites for hydroxylation is 2. The van der Waals surface area contributed by atoms with Crippen molar-refractivity contribution in [2.45, 2.75) is 32.2 Å². The number of carboxylic acid groups (broad SMARTS) is 1. The van der Waals surface area contributed by atoms with E-state index in [4.69, 9.17) is 4.42 Å². The first kappa shape index (κ1) is 15.4. The number of hydrogen-bond acceptors (Lipinski definition) is 5. The molecule has 0 saturated heterocycles. The van der Waals surface area contributed by atoms with E-state index in [2.05, 4.69) is 10.3 Å². The highest BCUT2D eigenvalue weighted by Crippen LogP contribution is 2.29. The molecule has 0 fully saturated rings. The summed E-state index contributed by atoms with van der Waals surface area (Å²) in [5, 5.41) is 12.5. The van der Waals surface area contributed by atoms with Gasteiger partial charge in [-0.1, -0.05) is 13.0 Å². The van der Waals surface area contributed by atoms with Gasteiger partial charge in [0.05, 0.1) is 23.5 Å². The molecule has 1 aromatic carbocycles. The minimum atomic E-state index is -0.936. The van der Waals surface area contributed by atoms with Gasteiger partial charge in [0.15, 0.2) is 0 Å². The van der Waals surface area contributed by atoms with Crippen LogP contribution in [0.5, 0.6) is 0 Å². The van der Waals surface area contributed by atoms with Gasteiger partial charge in [0.25, 0.3) is 0 Å². The third-order valence-electron chi connectivity index (χ3n) is 3.04. The van der Waals surface area contributed by atoms with Gasteiger partial charge in [-0.3, -0.25) is 0 Å². The molecule has 0 atom stereocenters. The summed E-state index contributed by atoms with van der Waals surface area (Å²) >= 11 is 1.51. The molecule has 1 heterocycles. The van der Waals surface area contributed by atoms with Gasteiger partial charge in [-0.25, -0.2) is 9.78 Å². The third-order valence-corrected chi connectivity index (χ3v) is 3.98. The van der Waals surface area contributed by atoms with Gasteiger partial charge in [0.2, 0.25) is 5.89 Å². The van der Waals surface area contributed by atoms with Crippen LogP contribution in [0.1, 0.15) is 34.6 Å². The van der Waals surface area contributed by atoms with E-state index in [0.29, 0.717) is 23.7 Å². The molecule has 21 heavy (non-hydrogen) atoms. The van der Waals surface area contributed by atoms with Crippen molar-refractivity contribution in [2.24, 2.45) is 0 Å². The number of anilines is 1. The van der Waals surface area contributed by atoms with Gasteiger partial charge in [-0.15, -0.1) is 11.8 Å². The Morgan fingerprint density at radius 3 is 2.76 bits per heavy atom. The average Bonchev–Trinajstić information content (AvgIpc) is 2.75. The lowest BCUT2D eigenvalue weighted by atomic mass is 10.2. The average molecular weight is 306 g/mol. The molecule has 0 bridgehead atoms. The lowest BCUT2D eigenvalue weighted by Gasteiger charge is -2.11. The molecule has 2 aromatic rings. The standard InChI is InChI=1S/C15H18N2O3S/c1-4-21-12-7-5-6-11(14(12)15(18)19)16-8-13-17-9(2)10(3)20-13/h5-7,16H,4,8H2,1-3H3,(H,18,19). The van der Waals surface area contributed by atoms with E-state index in [1.807, 2.05) is 32.9 Å². The van der Waals surface area contributed by atoms with Crippen LogP contribution in [0.25, 0.3) is 0 Å². The van der Waals surface area contributed by atoms with E-state index in [1.54, 1.807) is 6.07 Å². The Kier molecular flexibility index (Phi) is 4.90. The lowest BCUT2D eigenvalue weighted by molar-refractivity contribution is 0.0694. The van der Waals surface area contributed by atoms with E-state index in [0.717, 1.165) is 22.1 Å². The van der Waals surface area contributed by atoms with Crippen LogP contribution in [-0.4, -0.2) is 21.8 Å². The molecule has 0 spiro atoms. The van der Waals surface area contributed by atoms with E-state index >= 15 is 0 Å². The number of benzene rings is 1. The van der Waals surface area contributed by atoms with Gasteiger partial charge in [0, 0.05) is 4.90 Å². The number of carbonyl (C=O) groups is 1. The minimum Gasteiger partial charge on any atom is -0.478 e. The summed E-state index contributed by atoms with van der Waals surface area (Å²) in [4.78, 5) is 16.5. The zero-order valence-electron chi connectivity index (χ0n) is 12.3. The van der Waals surface area contributed by atoms with Crippen LogP contribution >= 0.6 is 11.8 Å². The lowest BCUT2D eigenvalue weighted by Crippen LogP contribution is -2.08. The fourth-order valence-electron chi connectivity index (χ4n) is 1.96. The van der Waals surface area contributed by atoms with E-state index in [9.17, 15) is 9.90 Å². The maximum Gasteiger partial charge on any atom is 0.338 e. The molecule has 2 rings (SSSR count). The number of nitrogens with zero attached hydrogens (tertiary/aromatic N) is 1. The van der Waals surface area contributed by atoms with Crippen molar-refractivity contribution < 1.29 is 14.3 Å². The second-order valence-corrected chi connectivity index (χ2v) is 5.83. The zero-order valence-corrected chi connectivity index (χ0v) is 13.1. The molecule has 0 radical (unpaired) electrons. The van der Waals surface area contributed by atoms with Crippen LogP contribution in [-0.2, 0) is 6.54 Å². The topological polar surface area (TPSA) is 75.4 Å². The SMILES string of the molecule is CCSc1cccc(NCc2nc(C)c(C)o2)c1C(=O)O. The van der Waals surface area contributed by atoms with Crippen molar-refractivity contribution in [3.05, 3.63) is 41.1 Å². The summed E-state index contributed by atoms with van der Waals surface area (Å²) in [6.45, 7) is 6.08. The van der Waals surface area contributed by atoms with Gasteiger partial charge in [-0.2, -0.15) is 0 Å². The van der Waals surface area contributed by atoms with Gasteiger partial charge in [-0.05, 0) is 31.7 Å². The molecule has 6 heteroatoms. The van der Waals surface area contributed by atoms with Gasteiger partial charge in [0.1, 0.15) is 5.76 Å². The Hall–Kier alpha value is -1.95. The van der Waals surface area contributed by atoms with Crippen LogP contribution in [0.2, 0.25) is 0 Å². The highest BCUT2D eigenvalue weighted by molar-refractivity contribution is 7.99. The monoisotopic (exact) mass is 306 g/mol. The fraction of sp³-hybridized carbons (Fsp3) is 0.333. The van der Waals surface area contributed by atoms with Crippen LogP contribution in [0.3, 0.4) is 0 Å². The Morgan fingerprint density at radius 1 is 1.43 bits per heavy atom. The molecular formula is C15H18N2O3S. The third kappa shape index (κ3) is 3.58. The quantitative estimate of drug-likeness (QED) is 0.792. The molecule has 0 unspecified atom stereocenters. The maximum atomic E-state index is 11.5. The summed E-state index contributed by atoms with van der Waals surface area (Å²) in [6, 6.07) is 5.42. The molecule has 0 aliphatic carbocycles. The van der Waals surface area contributed by atoms with Crippen molar-refractivity contribution in [1.29, 1.82) is 0 Å². The van der Waals surface area contributed by atoms with Gasteiger partial charge < -0.3 is 14.8 Å². The van der Waals surface area contributed by atoms with Crippen molar-refractivity contribution in [3.8, 4) is 0 Å². The molecule has 0 aliphatic rings. The number of carboxylic acids is 1. The van der Waals surface area contributed by atoms with Crippen molar-refractivity contribution in [1.82, 2.24) is 4.98 Å². The minimum absolute atomic E-state index is 0.296. The van der Waals surface area contributed by atoms with Crippen LogP contribution in [0.4, 0.5) is 5.69 Å². The first-order valence-corrected chi connectivity index (χ1v) is 7.67. The maximum absolute atomic E-state index is 11.5. The Labute approximate surface area is 127 Å². The molecule has 2 N–H and O–H groups in total. The Morgan fingerprint density at radius 2 is 2.19 bits per heavy atom. The van der Waals surface area contributed by atoms with Crippen LogP contribution in [0.15, 0.2) is 27.5 Å². The summed E-state index contributed by atoms with van der Waals surface area (Å²) in [5.74, 6) is 1.21. The smallest absolute Gasteiger partial charge is 0.338 e. The largest absolute Gasteiger partial charge is 0.478 e. The van der Waals surface area contributed by atoms with Crippen LogP contribution in [0, 0.1) is 13.8 Å². The number of nitrogens with one attached hydrogen (secondary N) is 1. The molecule has 0 saturated carbocycles. The number of thioether (sulfide) groups is 1. The Balaban J connectivity index is 2.22. The molecule has 5 nitrogen and oxygen atoms in total.